The lowest BCUT2D eigenvalue weighted by Gasteiger charge is -2.43. The fourth-order valence-electron chi connectivity index (χ4n) is 1.66. The van der Waals surface area contributed by atoms with Crippen molar-refractivity contribution in [2.75, 3.05) is 13.1 Å². The summed E-state index contributed by atoms with van der Waals surface area (Å²) in [6.45, 7) is 15.4. The lowest BCUT2D eigenvalue weighted by atomic mass is 9.84. The van der Waals surface area contributed by atoms with Gasteiger partial charge in [-0.15, -0.1) is 0 Å². The first-order valence-corrected chi connectivity index (χ1v) is 5.57. The van der Waals surface area contributed by atoms with Gasteiger partial charge in [0.25, 0.3) is 0 Å². The van der Waals surface area contributed by atoms with Gasteiger partial charge in [0.05, 0.1) is 12.2 Å². The molecule has 0 aliphatic carbocycles. The van der Waals surface area contributed by atoms with E-state index >= 15 is 0 Å². The summed E-state index contributed by atoms with van der Waals surface area (Å²) in [5, 5.41) is 3.47. The van der Waals surface area contributed by atoms with Crippen LogP contribution < -0.4 is 5.32 Å². The van der Waals surface area contributed by atoms with Crippen LogP contribution in [0.15, 0.2) is 0 Å². The molecule has 0 unspecified atom stereocenters. The summed E-state index contributed by atoms with van der Waals surface area (Å²) in [4.78, 5) is 0. The number of hydrogen-bond acceptors (Lipinski definition) is 2. The van der Waals surface area contributed by atoms with Crippen molar-refractivity contribution in [3.05, 3.63) is 0 Å². The molecule has 1 rings (SSSR count). The fourth-order valence-corrected chi connectivity index (χ4v) is 1.66. The van der Waals surface area contributed by atoms with Crippen molar-refractivity contribution in [2.45, 2.75) is 53.8 Å². The van der Waals surface area contributed by atoms with Crippen molar-refractivity contribution in [2.24, 2.45) is 10.8 Å². The average Bonchev–Trinajstić information content (AvgIpc) is 2.01. The molecule has 0 aromatic rings. The monoisotopic (exact) mass is 199 g/mol. The Morgan fingerprint density at radius 2 is 1.21 bits per heavy atom. The summed E-state index contributed by atoms with van der Waals surface area (Å²) in [5.74, 6) is 0. The van der Waals surface area contributed by atoms with Crippen molar-refractivity contribution in [3.63, 3.8) is 0 Å². The number of morpholine rings is 1. The summed E-state index contributed by atoms with van der Waals surface area (Å²) in [6.07, 6.45) is 0.668. The van der Waals surface area contributed by atoms with Gasteiger partial charge in [0.2, 0.25) is 0 Å². The summed E-state index contributed by atoms with van der Waals surface area (Å²) in [6, 6.07) is 0. The highest BCUT2D eigenvalue weighted by atomic mass is 16.5. The van der Waals surface area contributed by atoms with Crippen molar-refractivity contribution in [1.29, 1.82) is 0 Å². The minimum atomic E-state index is 0.233. The number of rotatable bonds is 0. The van der Waals surface area contributed by atoms with Gasteiger partial charge in [-0.25, -0.2) is 0 Å². The Hall–Kier alpha value is -0.0800. The smallest absolute Gasteiger partial charge is 0.0752 e. The van der Waals surface area contributed by atoms with Gasteiger partial charge in [-0.2, -0.15) is 0 Å². The predicted octanol–water partition coefficient (Wildman–Crippen LogP) is 2.44. The molecule has 0 aromatic carbocycles. The van der Waals surface area contributed by atoms with Crippen LogP contribution in [0.5, 0.6) is 0 Å². The van der Waals surface area contributed by atoms with Crippen LogP contribution >= 0.6 is 0 Å². The van der Waals surface area contributed by atoms with Crippen molar-refractivity contribution in [3.8, 4) is 0 Å². The molecular formula is C12H25NO. The molecule has 1 heterocycles. The van der Waals surface area contributed by atoms with Gasteiger partial charge in [-0.3, -0.25) is 0 Å². The molecule has 0 bridgehead atoms. The van der Waals surface area contributed by atoms with Gasteiger partial charge in [0.15, 0.2) is 0 Å². The zero-order chi connectivity index (χ0) is 11.0. The Labute approximate surface area is 88.4 Å². The number of nitrogens with one attached hydrogen (secondary N) is 1. The van der Waals surface area contributed by atoms with Crippen LogP contribution in [0.25, 0.3) is 0 Å². The third-order valence-electron chi connectivity index (χ3n) is 2.92. The Morgan fingerprint density at radius 1 is 0.857 bits per heavy atom. The maximum atomic E-state index is 6.15. The minimum absolute atomic E-state index is 0.233. The van der Waals surface area contributed by atoms with E-state index in [1.54, 1.807) is 0 Å². The Morgan fingerprint density at radius 3 is 1.50 bits per heavy atom. The van der Waals surface area contributed by atoms with Crippen LogP contribution in [0.4, 0.5) is 0 Å². The lowest BCUT2D eigenvalue weighted by molar-refractivity contribution is -0.124. The summed E-state index contributed by atoms with van der Waals surface area (Å²) >= 11 is 0. The number of ether oxygens (including phenoxy) is 1. The van der Waals surface area contributed by atoms with E-state index in [1.165, 1.54) is 0 Å². The van der Waals surface area contributed by atoms with E-state index in [1.807, 2.05) is 0 Å². The highest BCUT2D eigenvalue weighted by Gasteiger charge is 2.36. The largest absolute Gasteiger partial charge is 0.371 e. The average molecular weight is 199 g/mol. The Bertz CT molecular complexity index is 167. The first-order chi connectivity index (χ1) is 6.21. The molecule has 2 atom stereocenters. The molecule has 1 aliphatic rings. The van der Waals surface area contributed by atoms with Gasteiger partial charge < -0.3 is 10.1 Å². The lowest BCUT2D eigenvalue weighted by Crippen LogP contribution is -2.53. The highest BCUT2D eigenvalue weighted by molar-refractivity contribution is 4.87. The summed E-state index contributed by atoms with van der Waals surface area (Å²) in [5.41, 5.74) is 0.466. The molecule has 0 amide bonds. The van der Waals surface area contributed by atoms with Crippen LogP contribution in [0, 0.1) is 10.8 Å². The van der Waals surface area contributed by atoms with Gasteiger partial charge in [-0.1, -0.05) is 41.5 Å². The van der Waals surface area contributed by atoms with Crippen molar-refractivity contribution in [1.82, 2.24) is 5.32 Å². The van der Waals surface area contributed by atoms with E-state index < -0.39 is 0 Å². The third-order valence-corrected chi connectivity index (χ3v) is 2.92. The first kappa shape index (κ1) is 12.0. The predicted molar refractivity (Wildman–Crippen MR) is 60.4 cm³/mol. The highest BCUT2D eigenvalue weighted by Crippen LogP contribution is 2.30. The van der Waals surface area contributed by atoms with E-state index in [2.05, 4.69) is 46.9 Å². The molecule has 0 spiro atoms. The van der Waals surface area contributed by atoms with E-state index in [0.29, 0.717) is 12.2 Å². The summed E-state index contributed by atoms with van der Waals surface area (Å²) < 4.78 is 6.15. The van der Waals surface area contributed by atoms with E-state index in [-0.39, 0.29) is 10.8 Å². The molecular weight excluding hydrogens is 174 g/mol. The van der Waals surface area contributed by atoms with Crippen LogP contribution in [0.1, 0.15) is 41.5 Å². The van der Waals surface area contributed by atoms with E-state index in [0.717, 1.165) is 13.1 Å². The second kappa shape index (κ2) is 3.82. The molecule has 0 radical (unpaired) electrons. The quantitative estimate of drug-likeness (QED) is 0.647. The Balaban J connectivity index is 2.61. The fraction of sp³-hybridized carbons (Fsp3) is 1.00. The van der Waals surface area contributed by atoms with Gasteiger partial charge >= 0.3 is 0 Å². The maximum absolute atomic E-state index is 6.15. The zero-order valence-corrected chi connectivity index (χ0v) is 10.5. The first-order valence-electron chi connectivity index (χ1n) is 5.57. The van der Waals surface area contributed by atoms with E-state index in [4.69, 9.17) is 4.74 Å². The van der Waals surface area contributed by atoms with Crippen LogP contribution in [0.3, 0.4) is 0 Å². The second-order valence-electron chi connectivity index (χ2n) is 6.50. The zero-order valence-electron chi connectivity index (χ0n) is 10.5. The third kappa shape index (κ3) is 2.96. The SMILES string of the molecule is CC(C)(C)[C@@H]1CNC[C@@H](C(C)(C)C)O1. The molecule has 1 fully saturated rings. The van der Waals surface area contributed by atoms with Crippen molar-refractivity contribution >= 4 is 0 Å². The molecule has 1 saturated heterocycles. The molecule has 14 heavy (non-hydrogen) atoms. The number of hydrogen-bond donors (Lipinski definition) is 1. The molecule has 1 N–H and O–H groups in total. The molecule has 0 aromatic heterocycles. The molecule has 2 nitrogen and oxygen atoms in total. The van der Waals surface area contributed by atoms with Crippen LogP contribution in [0.2, 0.25) is 0 Å². The maximum Gasteiger partial charge on any atom is 0.0752 e. The Kier molecular flexibility index (Phi) is 3.27. The van der Waals surface area contributed by atoms with Crippen LogP contribution in [-0.4, -0.2) is 25.3 Å². The molecule has 2 heteroatoms. The normalized spacial score (nSPS) is 30.4. The van der Waals surface area contributed by atoms with Gasteiger partial charge in [0, 0.05) is 13.1 Å². The van der Waals surface area contributed by atoms with Crippen LogP contribution in [-0.2, 0) is 4.74 Å². The van der Waals surface area contributed by atoms with Gasteiger partial charge in [0.1, 0.15) is 0 Å². The minimum Gasteiger partial charge on any atom is -0.371 e. The topological polar surface area (TPSA) is 21.3 Å². The second-order valence-corrected chi connectivity index (χ2v) is 6.50. The summed E-state index contributed by atoms with van der Waals surface area (Å²) in [7, 11) is 0. The standard InChI is InChI=1S/C12H25NO/c1-11(2,3)9-7-13-8-10(14-9)12(4,5)6/h9-10,13H,7-8H2,1-6H3/t9-,10-/m0/s1. The molecule has 1 aliphatic heterocycles. The van der Waals surface area contributed by atoms with E-state index in [9.17, 15) is 0 Å². The van der Waals surface area contributed by atoms with Gasteiger partial charge in [-0.05, 0) is 10.8 Å². The molecule has 84 valence electrons. The molecule has 0 saturated carbocycles. The van der Waals surface area contributed by atoms with Crippen molar-refractivity contribution < 1.29 is 4.74 Å².